The highest BCUT2D eigenvalue weighted by atomic mass is 16.5. The second-order valence-corrected chi connectivity index (χ2v) is 6.14. The van der Waals surface area contributed by atoms with Crippen LogP contribution in [0.15, 0.2) is 42.5 Å². The number of hydrogen-bond donors (Lipinski definition) is 1. The van der Waals surface area contributed by atoms with Crippen LogP contribution in [0.3, 0.4) is 0 Å². The first-order chi connectivity index (χ1) is 10.8. The minimum atomic E-state index is 0.488. The summed E-state index contributed by atoms with van der Waals surface area (Å²) < 4.78 is 5.36. The van der Waals surface area contributed by atoms with Gasteiger partial charge in [0, 0.05) is 6.04 Å². The van der Waals surface area contributed by atoms with Crippen LogP contribution in [0.4, 0.5) is 0 Å². The molecule has 2 heteroatoms. The van der Waals surface area contributed by atoms with E-state index in [1.807, 2.05) is 0 Å². The van der Waals surface area contributed by atoms with Crippen LogP contribution in [-0.2, 0) is 12.8 Å². The number of aryl methyl sites for hydroxylation is 3. The minimum Gasteiger partial charge on any atom is -0.497 e. The van der Waals surface area contributed by atoms with E-state index in [1.165, 1.54) is 41.5 Å². The highest BCUT2D eigenvalue weighted by Gasteiger charge is 2.22. The Morgan fingerprint density at radius 3 is 2.86 bits per heavy atom. The van der Waals surface area contributed by atoms with Crippen LogP contribution in [0, 0.1) is 6.92 Å². The SMILES string of the molecule is COc1ccc2c(c1)[C@H](NCCCc1ccccc1C)CC2. The molecule has 0 radical (unpaired) electrons. The largest absolute Gasteiger partial charge is 0.497 e. The van der Waals surface area contributed by atoms with Gasteiger partial charge < -0.3 is 10.1 Å². The molecule has 1 aliphatic carbocycles. The fraction of sp³-hybridized carbons (Fsp3) is 0.400. The van der Waals surface area contributed by atoms with E-state index in [4.69, 9.17) is 4.74 Å². The second kappa shape index (κ2) is 6.97. The lowest BCUT2D eigenvalue weighted by Gasteiger charge is -2.15. The monoisotopic (exact) mass is 295 g/mol. The van der Waals surface area contributed by atoms with Crippen molar-refractivity contribution in [2.45, 2.75) is 38.6 Å². The van der Waals surface area contributed by atoms with E-state index < -0.39 is 0 Å². The average molecular weight is 295 g/mol. The summed E-state index contributed by atoms with van der Waals surface area (Å²) in [7, 11) is 1.74. The van der Waals surface area contributed by atoms with Crippen LogP contribution in [0.5, 0.6) is 5.75 Å². The highest BCUT2D eigenvalue weighted by Crippen LogP contribution is 2.33. The maximum Gasteiger partial charge on any atom is 0.119 e. The molecule has 1 aliphatic rings. The van der Waals surface area contributed by atoms with Crippen LogP contribution < -0.4 is 10.1 Å². The van der Waals surface area contributed by atoms with Crippen molar-refractivity contribution in [2.75, 3.05) is 13.7 Å². The van der Waals surface area contributed by atoms with Crippen molar-refractivity contribution in [1.82, 2.24) is 5.32 Å². The van der Waals surface area contributed by atoms with E-state index in [-0.39, 0.29) is 0 Å². The summed E-state index contributed by atoms with van der Waals surface area (Å²) in [5, 5.41) is 3.72. The standard InChI is InChI=1S/C20H25NO/c1-15-6-3-4-7-16(15)8-5-13-21-20-12-10-17-9-11-18(22-2)14-19(17)20/h3-4,6-7,9,11,14,20-21H,5,8,10,12-13H2,1-2H3/t20-/m1/s1. The Hall–Kier alpha value is -1.80. The Kier molecular flexibility index (Phi) is 4.79. The molecule has 1 atom stereocenters. The lowest BCUT2D eigenvalue weighted by atomic mass is 10.0. The number of rotatable bonds is 6. The van der Waals surface area contributed by atoms with Crippen LogP contribution in [0.1, 0.15) is 41.1 Å². The van der Waals surface area contributed by atoms with Gasteiger partial charge in [0.15, 0.2) is 0 Å². The summed E-state index contributed by atoms with van der Waals surface area (Å²) in [6.45, 7) is 3.26. The van der Waals surface area contributed by atoms with E-state index >= 15 is 0 Å². The third-order valence-electron chi connectivity index (χ3n) is 4.71. The molecule has 22 heavy (non-hydrogen) atoms. The normalized spacial score (nSPS) is 16.5. The zero-order chi connectivity index (χ0) is 15.4. The summed E-state index contributed by atoms with van der Waals surface area (Å²) in [6, 6.07) is 15.6. The number of hydrogen-bond acceptors (Lipinski definition) is 2. The summed E-state index contributed by atoms with van der Waals surface area (Å²) in [5.41, 5.74) is 5.77. The third kappa shape index (κ3) is 3.33. The van der Waals surface area contributed by atoms with Gasteiger partial charge in [-0.3, -0.25) is 0 Å². The van der Waals surface area contributed by atoms with Gasteiger partial charge in [0.1, 0.15) is 5.75 Å². The maximum atomic E-state index is 5.36. The van der Waals surface area contributed by atoms with Crippen LogP contribution in [0.2, 0.25) is 0 Å². The fourth-order valence-corrected chi connectivity index (χ4v) is 3.37. The van der Waals surface area contributed by atoms with Crippen LogP contribution in [-0.4, -0.2) is 13.7 Å². The number of ether oxygens (including phenoxy) is 1. The number of fused-ring (bicyclic) bond motifs is 1. The van der Waals surface area contributed by atoms with E-state index in [9.17, 15) is 0 Å². The van der Waals surface area contributed by atoms with Gasteiger partial charge >= 0.3 is 0 Å². The Bertz CT molecular complexity index is 635. The minimum absolute atomic E-state index is 0.488. The quantitative estimate of drug-likeness (QED) is 0.806. The molecule has 0 saturated carbocycles. The highest BCUT2D eigenvalue weighted by molar-refractivity contribution is 5.40. The predicted molar refractivity (Wildman–Crippen MR) is 91.6 cm³/mol. The third-order valence-corrected chi connectivity index (χ3v) is 4.71. The van der Waals surface area contributed by atoms with E-state index in [1.54, 1.807) is 7.11 Å². The first-order valence-electron chi connectivity index (χ1n) is 8.22. The van der Waals surface area contributed by atoms with Gasteiger partial charge in [-0.05, 0) is 73.5 Å². The van der Waals surface area contributed by atoms with Gasteiger partial charge in [0.2, 0.25) is 0 Å². The number of methoxy groups -OCH3 is 1. The molecule has 0 aliphatic heterocycles. The Morgan fingerprint density at radius 1 is 1.18 bits per heavy atom. The van der Waals surface area contributed by atoms with Crippen molar-refractivity contribution in [1.29, 1.82) is 0 Å². The zero-order valence-corrected chi connectivity index (χ0v) is 13.6. The van der Waals surface area contributed by atoms with E-state index in [2.05, 4.69) is 54.7 Å². The molecule has 0 fully saturated rings. The molecule has 116 valence electrons. The maximum absolute atomic E-state index is 5.36. The molecule has 0 bridgehead atoms. The van der Waals surface area contributed by atoms with Gasteiger partial charge in [-0.15, -0.1) is 0 Å². The van der Waals surface area contributed by atoms with Crippen molar-refractivity contribution in [3.8, 4) is 5.75 Å². The molecule has 3 rings (SSSR count). The first kappa shape index (κ1) is 15.1. The Morgan fingerprint density at radius 2 is 2.05 bits per heavy atom. The molecule has 0 unspecified atom stereocenters. The van der Waals surface area contributed by atoms with E-state index in [0.717, 1.165) is 18.7 Å². The predicted octanol–water partition coefficient (Wildman–Crippen LogP) is 4.21. The zero-order valence-electron chi connectivity index (χ0n) is 13.6. The Balaban J connectivity index is 1.53. The molecule has 0 saturated heterocycles. The van der Waals surface area contributed by atoms with Gasteiger partial charge in [0.25, 0.3) is 0 Å². The molecular formula is C20H25NO. The van der Waals surface area contributed by atoms with E-state index in [0.29, 0.717) is 6.04 Å². The Labute approximate surface area is 133 Å². The van der Waals surface area contributed by atoms with Crippen molar-refractivity contribution in [3.63, 3.8) is 0 Å². The fourth-order valence-electron chi connectivity index (χ4n) is 3.37. The molecule has 2 aromatic carbocycles. The van der Waals surface area contributed by atoms with Crippen molar-refractivity contribution >= 4 is 0 Å². The lowest BCUT2D eigenvalue weighted by molar-refractivity contribution is 0.413. The van der Waals surface area contributed by atoms with Crippen molar-refractivity contribution < 1.29 is 4.74 Å². The van der Waals surface area contributed by atoms with Gasteiger partial charge in [0.05, 0.1) is 7.11 Å². The van der Waals surface area contributed by atoms with Gasteiger partial charge in [-0.2, -0.15) is 0 Å². The second-order valence-electron chi connectivity index (χ2n) is 6.14. The topological polar surface area (TPSA) is 21.3 Å². The van der Waals surface area contributed by atoms with Crippen molar-refractivity contribution in [3.05, 3.63) is 64.7 Å². The molecule has 1 N–H and O–H groups in total. The molecular weight excluding hydrogens is 270 g/mol. The molecule has 2 aromatic rings. The molecule has 0 spiro atoms. The summed E-state index contributed by atoms with van der Waals surface area (Å²) in [5.74, 6) is 0.965. The van der Waals surface area contributed by atoms with Gasteiger partial charge in [-0.1, -0.05) is 30.3 Å². The molecule has 2 nitrogen and oxygen atoms in total. The summed E-state index contributed by atoms with van der Waals surface area (Å²) in [6.07, 6.45) is 4.71. The summed E-state index contributed by atoms with van der Waals surface area (Å²) >= 11 is 0. The summed E-state index contributed by atoms with van der Waals surface area (Å²) in [4.78, 5) is 0. The first-order valence-corrected chi connectivity index (χ1v) is 8.22. The van der Waals surface area contributed by atoms with Crippen LogP contribution >= 0.6 is 0 Å². The number of nitrogens with one attached hydrogen (secondary N) is 1. The van der Waals surface area contributed by atoms with Gasteiger partial charge in [-0.25, -0.2) is 0 Å². The van der Waals surface area contributed by atoms with Crippen molar-refractivity contribution in [2.24, 2.45) is 0 Å². The molecule has 0 aromatic heterocycles. The smallest absolute Gasteiger partial charge is 0.119 e. The van der Waals surface area contributed by atoms with Crippen LogP contribution in [0.25, 0.3) is 0 Å². The lowest BCUT2D eigenvalue weighted by Crippen LogP contribution is -2.21. The molecule has 0 amide bonds. The molecule has 0 heterocycles. The number of benzene rings is 2. The average Bonchev–Trinajstić information content (AvgIpc) is 2.95.